The van der Waals surface area contributed by atoms with Crippen LogP contribution in [0.1, 0.15) is 11.1 Å². The Bertz CT molecular complexity index is 484. The first kappa shape index (κ1) is 12.9. The van der Waals surface area contributed by atoms with Crippen molar-refractivity contribution in [3.05, 3.63) is 35.4 Å². The van der Waals surface area contributed by atoms with Crippen molar-refractivity contribution in [3.8, 4) is 0 Å². The molecule has 1 fully saturated rings. The number of hydrogen-bond acceptors (Lipinski definition) is 3. The van der Waals surface area contributed by atoms with Gasteiger partial charge in [0, 0.05) is 12.6 Å². The second-order valence-electron chi connectivity index (χ2n) is 4.57. The third kappa shape index (κ3) is 3.44. The molecular formula is C12H16ClNO2S. The van der Waals surface area contributed by atoms with E-state index >= 15 is 0 Å². The van der Waals surface area contributed by atoms with E-state index in [2.05, 4.69) is 5.32 Å². The van der Waals surface area contributed by atoms with Crippen LogP contribution in [0.5, 0.6) is 0 Å². The van der Waals surface area contributed by atoms with Crippen LogP contribution < -0.4 is 5.32 Å². The Morgan fingerprint density at radius 2 is 1.94 bits per heavy atom. The SMILES string of the molecule is Cc1ccc(CN[C@H]2CS(=O)(=O)C[C@@H]2Cl)cc1. The fraction of sp³-hybridized carbons (Fsp3) is 0.500. The predicted molar refractivity (Wildman–Crippen MR) is 70.1 cm³/mol. The minimum atomic E-state index is -2.95. The first-order valence-electron chi connectivity index (χ1n) is 5.60. The van der Waals surface area contributed by atoms with Gasteiger partial charge in [-0.05, 0) is 12.5 Å². The summed E-state index contributed by atoms with van der Waals surface area (Å²) < 4.78 is 22.8. The molecule has 0 spiro atoms. The highest BCUT2D eigenvalue weighted by Crippen LogP contribution is 2.18. The van der Waals surface area contributed by atoms with Gasteiger partial charge in [-0.15, -0.1) is 11.6 Å². The molecule has 94 valence electrons. The normalized spacial score (nSPS) is 27.2. The molecule has 3 nitrogen and oxygen atoms in total. The van der Waals surface area contributed by atoms with Crippen LogP contribution in [0.4, 0.5) is 0 Å². The summed E-state index contributed by atoms with van der Waals surface area (Å²) in [6, 6.07) is 8.02. The molecule has 0 aliphatic carbocycles. The number of aryl methyl sites for hydroxylation is 1. The molecule has 1 aliphatic heterocycles. The predicted octanol–water partition coefficient (Wildman–Crippen LogP) is 1.49. The van der Waals surface area contributed by atoms with Gasteiger partial charge in [0.1, 0.15) is 0 Å². The van der Waals surface area contributed by atoms with E-state index in [9.17, 15) is 8.42 Å². The molecule has 0 unspecified atom stereocenters. The topological polar surface area (TPSA) is 46.2 Å². The Hall–Kier alpha value is -0.580. The Kier molecular flexibility index (Phi) is 3.76. The molecule has 0 radical (unpaired) electrons. The Morgan fingerprint density at radius 3 is 2.47 bits per heavy atom. The van der Waals surface area contributed by atoms with Crippen molar-refractivity contribution >= 4 is 21.4 Å². The minimum Gasteiger partial charge on any atom is -0.307 e. The zero-order valence-corrected chi connectivity index (χ0v) is 11.3. The summed E-state index contributed by atoms with van der Waals surface area (Å²) in [5, 5.41) is 2.90. The molecule has 5 heteroatoms. The van der Waals surface area contributed by atoms with Gasteiger partial charge in [0.25, 0.3) is 0 Å². The molecule has 0 bridgehead atoms. The van der Waals surface area contributed by atoms with E-state index in [1.807, 2.05) is 31.2 Å². The smallest absolute Gasteiger partial charge is 0.153 e. The fourth-order valence-electron chi connectivity index (χ4n) is 1.95. The van der Waals surface area contributed by atoms with E-state index in [-0.39, 0.29) is 22.9 Å². The van der Waals surface area contributed by atoms with Gasteiger partial charge in [0.15, 0.2) is 9.84 Å². The highest BCUT2D eigenvalue weighted by molar-refractivity contribution is 7.91. The summed E-state index contributed by atoms with van der Waals surface area (Å²) in [6.07, 6.45) is 0. The lowest BCUT2D eigenvalue weighted by molar-refractivity contribution is 0.558. The van der Waals surface area contributed by atoms with Crippen molar-refractivity contribution < 1.29 is 8.42 Å². The van der Waals surface area contributed by atoms with Crippen molar-refractivity contribution in [2.24, 2.45) is 0 Å². The lowest BCUT2D eigenvalue weighted by Gasteiger charge is -2.14. The van der Waals surface area contributed by atoms with Crippen LogP contribution in [0.3, 0.4) is 0 Å². The Labute approximate surface area is 107 Å². The Morgan fingerprint density at radius 1 is 1.29 bits per heavy atom. The molecule has 17 heavy (non-hydrogen) atoms. The van der Waals surface area contributed by atoms with Crippen molar-refractivity contribution in [3.63, 3.8) is 0 Å². The fourth-order valence-corrected chi connectivity index (χ4v) is 4.56. The van der Waals surface area contributed by atoms with Gasteiger partial charge in [-0.3, -0.25) is 0 Å². The van der Waals surface area contributed by atoms with E-state index in [0.717, 1.165) is 5.56 Å². The highest BCUT2D eigenvalue weighted by Gasteiger charge is 2.35. The summed E-state index contributed by atoms with van der Waals surface area (Å²) in [7, 11) is -2.95. The van der Waals surface area contributed by atoms with Gasteiger partial charge in [0.2, 0.25) is 0 Å². The molecule has 0 saturated carbocycles. The summed E-state index contributed by atoms with van der Waals surface area (Å²) in [5.74, 6) is 0.229. The molecular weight excluding hydrogens is 258 g/mol. The lowest BCUT2D eigenvalue weighted by Crippen LogP contribution is -2.35. The second-order valence-corrected chi connectivity index (χ2v) is 7.28. The maximum Gasteiger partial charge on any atom is 0.153 e. The molecule has 1 aromatic rings. The summed E-state index contributed by atoms with van der Waals surface area (Å²) in [6.45, 7) is 2.69. The third-order valence-corrected chi connectivity index (χ3v) is 5.35. The van der Waals surface area contributed by atoms with E-state index < -0.39 is 9.84 Å². The number of benzene rings is 1. The van der Waals surface area contributed by atoms with E-state index in [1.165, 1.54) is 5.56 Å². The standard InChI is InChI=1S/C12H16ClNO2S/c1-9-2-4-10(5-3-9)6-14-12-8-17(15,16)7-11(12)13/h2-5,11-12,14H,6-8H2,1H3/t11-,12-/m0/s1. The van der Waals surface area contributed by atoms with Crippen molar-refractivity contribution in [2.75, 3.05) is 11.5 Å². The third-order valence-electron chi connectivity index (χ3n) is 2.97. The van der Waals surface area contributed by atoms with Crippen molar-refractivity contribution in [1.29, 1.82) is 0 Å². The van der Waals surface area contributed by atoms with Crippen LogP contribution in [0.25, 0.3) is 0 Å². The second kappa shape index (κ2) is 4.96. The molecule has 0 aromatic heterocycles. The summed E-state index contributed by atoms with van der Waals surface area (Å²) >= 11 is 6.01. The lowest BCUT2D eigenvalue weighted by atomic mass is 10.1. The van der Waals surface area contributed by atoms with Crippen LogP contribution in [0, 0.1) is 6.92 Å². The molecule has 1 heterocycles. The summed E-state index contributed by atoms with van der Waals surface area (Å²) in [4.78, 5) is 0. The molecule has 1 saturated heterocycles. The van der Waals surface area contributed by atoms with Crippen molar-refractivity contribution in [1.82, 2.24) is 5.32 Å². The number of alkyl halides is 1. The quantitative estimate of drug-likeness (QED) is 0.849. The van der Waals surface area contributed by atoms with Gasteiger partial charge in [-0.25, -0.2) is 8.42 Å². The zero-order valence-electron chi connectivity index (χ0n) is 9.69. The van der Waals surface area contributed by atoms with Gasteiger partial charge in [0.05, 0.1) is 16.9 Å². The molecule has 2 rings (SSSR count). The van der Waals surface area contributed by atoms with Gasteiger partial charge < -0.3 is 5.32 Å². The monoisotopic (exact) mass is 273 g/mol. The number of hydrogen-bond donors (Lipinski definition) is 1. The molecule has 2 atom stereocenters. The average molecular weight is 274 g/mol. The molecule has 1 aromatic carbocycles. The number of sulfone groups is 1. The Balaban J connectivity index is 1.93. The first-order chi connectivity index (χ1) is 7.96. The maximum atomic E-state index is 11.4. The van der Waals surface area contributed by atoms with Crippen LogP contribution in [-0.2, 0) is 16.4 Å². The zero-order chi connectivity index (χ0) is 12.5. The van der Waals surface area contributed by atoms with E-state index in [1.54, 1.807) is 0 Å². The number of halogens is 1. The minimum absolute atomic E-state index is 0.0835. The van der Waals surface area contributed by atoms with Crippen LogP contribution >= 0.6 is 11.6 Å². The van der Waals surface area contributed by atoms with Crippen LogP contribution in [-0.4, -0.2) is 31.3 Å². The summed E-state index contributed by atoms with van der Waals surface area (Å²) in [5.41, 5.74) is 2.36. The number of nitrogens with one attached hydrogen (secondary N) is 1. The van der Waals surface area contributed by atoms with Crippen LogP contribution in [0.15, 0.2) is 24.3 Å². The number of rotatable bonds is 3. The molecule has 0 amide bonds. The maximum absolute atomic E-state index is 11.4. The van der Waals surface area contributed by atoms with Crippen molar-refractivity contribution in [2.45, 2.75) is 24.9 Å². The highest BCUT2D eigenvalue weighted by atomic mass is 35.5. The van der Waals surface area contributed by atoms with E-state index in [0.29, 0.717) is 6.54 Å². The largest absolute Gasteiger partial charge is 0.307 e. The van der Waals surface area contributed by atoms with Gasteiger partial charge >= 0.3 is 0 Å². The average Bonchev–Trinajstić information content (AvgIpc) is 2.51. The molecule has 1 N–H and O–H groups in total. The van der Waals surface area contributed by atoms with Gasteiger partial charge in [-0.2, -0.15) is 0 Å². The molecule has 1 aliphatic rings. The van der Waals surface area contributed by atoms with E-state index in [4.69, 9.17) is 11.6 Å². The van der Waals surface area contributed by atoms with Crippen LogP contribution in [0.2, 0.25) is 0 Å². The first-order valence-corrected chi connectivity index (χ1v) is 7.85. The van der Waals surface area contributed by atoms with Gasteiger partial charge in [-0.1, -0.05) is 29.8 Å².